The van der Waals surface area contributed by atoms with Crippen LogP contribution in [-0.2, 0) is 4.79 Å². The van der Waals surface area contributed by atoms with Gasteiger partial charge in [0, 0.05) is 17.5 Å². The minimum absolute atomic E-state index is 0.119. The number of aliphatic hydroxyl groups excluding tert-OH is 1. The summed E-state index contributed by atoms with van der Waals surface area (Å²) in [5.74, 6) is -0.112. The summed E-state index contributed by atoms with van der Waals surface area (Å²) in [6.45, 7) is 2.10. The number of carbonyl (C=O) groups is 1. The number of hydrogen-bond acceptors (Lipinski definition) is 3. The van der Waals surface area contributed by atoms with Crippen molar-refractivity contribution in [1.82, 2.24) is 0 Å². The van der Waals surface area contributed by atoms with Gasteiger partial charge in [-0.1, -0.05) is 6.92 Å². The van der Waals surface area contributed by atoms with E-state index in [-0.39, 0.29) is 23.6 Å². The summed E-state index contributed by atoms with van der Waals surface area (Å²) in [6, 6.07) is 5.65. The molecule has 0 aliphatic rings. The number of benzene rings is 1. The van der Waals surface area contributed by atoms with E-state index in [0.29, 0.717) is 17.9 Å². The van der Waals surface area contributed by atoms with Crippen LogP contribution in [-0.4, -0.2) is 28.6 Å². The molecular weight excluding hydrogens is 241 g/mol. The predicted molar refractivity (Wildman–Crippen MR) is 68.7 cm³/mol. The predicted octanol–water partition coefficient (Wildman–Crippen LogP) is 2.27. The molecule has 1 rings (SSSR count). The van der Waals surface area contributed by atoms with Crippen molar-refractivity contribution in [3.05, 3.63) is 30.1 Å². The van der Waals surface area contributed by atoms with Crippen molar-refractivity contribution in [2.24, 2.45) is 0 Å². The lowest BCUT2D eigenvalue weighted by Crippen LogP contribution is -2.16. The van der Waals surface area contributed by atoms with Crippen LogP contribution in [0, 0.1) is 5.82 Å². The monoisotopic (exact) mass is 257 g/mol. The average molecular weight is 257 g/mol. The highest BCUT2D eigenvalue weighted by molar-refractivity contribution is 8.00. The fraction of sp³-hybridized carbons (Fsp3) is 0.417. The van der Waals surface area contributed by atoms with Crippen LogP contribution in [0.3, 0.4) is 0 Å². The van der Waals surface area contributed by atoms with E-state index in [4.69, 9.17) is 5.11 Å². The second kappa shape index (κ2) is 7.29. The van der Waals surface area contributed by atoms with Crippen LogP contribution in [0.5, 0.6) is 0 Å². The Kier molecular flexibility index (Phi) is 6.00. The number of aliphatic hydroxyl groups is 1. The fourth-order valence-electron chi connectivity index (χ4n) is 1.21. The zero-order chi connectivity index (χ0) is 12.7. The van der Waals surface area contributed by atoms with Gasteiger partial charge in [-0.05, 0) is 30.7 Å². The Morgan fingerprint density at radius 1 is 1.47 bits per heavy atom. The lowest BCUT2D eigenvalue weighted by molar-refractivity contribution is -0.113. The van der Waals surface area contributed by atoms with E-state index in [1.807, 2.05) is 6.92 Å². The first-order chi connectivity index (χ1) is 8.11. The van der Waals surface area contributed by atoms with Crippen LogP contribution in [0.1, 0.15) is 13.3 Å². The first kappa shape index (κ1) is 14.0. The minimum Gasteiger partial charge on any atom is -0.396 e. The van der Waals surface area contributed by atoms with Crippen LogP contribution in [0.15, 0.2) is 24.3 Å². The van der Waals surface area contributed by atoms with E-state index in [9.17, 15) is 9.18 Å². The molecule has 0 aliphatic carbocycles. The number of amides is 1. The third kappa shape index (κ3) is 5.70. The Bertz CT molecular complexity index is 356. The molecule has 1 unspecified atom stereocenters. The highest BCUT2D eigenvalue weighted by atomic mass is 32.2. The van der Waals surface area contributed by atoms with E-state index in [2.05, 4.69) is 5.32 Å². The zero-order valence-corrected chi connectivity index (χ0v) is 10.5. The Morgan fingerprint density at radius 2 is 2.12 bits per heavy atom. The fourth-order valence-corrected chi connectivity index (χ4v) is 1.99. The molecule has 1 amide bonds. The molecule has 2 N–H and O–H groups in total. The van der Waals surface area contributed by atoms with Crippen LogP contribution in [0.4, 0.5) is 10.1 Å². The highest BCUT2D eigenvalue weighted by Crippen LogP contribution is 2.14. The number of carbonyl (C=O) groups excluding carboxylic acids is 1. The number of rotatable bonds is 6. The first-order valence-electron chi connectivity index (χ1n) is 5.39. The molecule has 0 aliphatic heterocycles. The quantitative estimate of drug-likeness (QED) is 0.822. The normalized spacial score (nSPS) is 12.2. The van der Waals surface area contributed by atoms with E-state index >= 15 is 0 Å². The number of thioether (sulfide) groups is 1. The van der Waals surface area contributed by atoms with Gasteiger partial charge in [0.05, 0.1) is 5.75 Å². The molecule has 3 nitrogen and oxygen atoms in total. The Balaban J connectivity index is 2.32. The van der Waals surface area contributed by atoms with Crippen molar-refractivity contribution >= 4 is 23.4 Å². The van der Waals surface area contributed by atoms with Crippen molar-refractivity contribution < 1.29 is 14.3 Å². The third-order valence-electron chi connectivity index (χ3n) is 2.16. The molecule has 0 aromatic heterocycles. The molecule has 0 fully saturated rings. The van der Waals surface area contributed by atoms with Gasteiger partial charge < -0.3 is 10.4 Å². The highest BCUT2D eigenvalue weighted by Gasteiger charge is 2.07. The molecule has 17 heavy (non-hydrogen) atoms. The molecule has 0 radical (unpaired) electrons. The van der Waals surface area contributed by atoms with Crippen molar-refractivity contribution in [2.45, 2.75) is 18.6 Å². The molecular formula is C12H16FNO2S. The summed E-state index contributed by atoms with van der Waals surface area (Å²) in [5.41, 5.74) is 0.590. The second-order valence-electron chi connectivity index (χ2n) is 3.69. The van der Waals surface area contributed by atoms with E-state index in [1.165, 1.54) is 36.0 Å². The SMILES string of the molecule is CC(CCO)SCC(=O)Nc1ccc(F)cc1. The zero-order valence-electron chi connectivity index (χ0n) is 9.65. The van der Waals surface area contributed by atoms with Gasteiger partial charge in [0.15, 0.2) is 0 Å². The lowest BCUT2D eigenvalue weighted by Gasteiger charge is -2.09. The maximum Gasteiger partial charge on any atom is 0.234 e. The number of anilines is 1. The average Bonchev–Trinajstić information content (AvgIpc) is 2.30. The summed E-state index contributed by atoms with van der Waals surface area (Å²) < 4.78 is 12.6. The smallest absolute Gasteiger partial charge is 0.234 e. The van der Waals surface area contributed by atoms with Gasteiger partial charge in [0.2, 0.25) is 5.91 Å². The standard InChI is InChI=1S/C12H16FNO2S/c1-9(6-7-15)17-8-12(16)14-11-4-2-10(13)3-5-11/h2-5,9,15H,6-8H2,1H3,(H,14,16). The number of nitrogens with one attached hydrogen (secondary N) is 1. The van der Waals surface area contributed by atoms with Crippen molar-refractivity contribution in [2.75, 3.05) is 17.7 Å². The molecule has 0 saturated carbocycles. The minimum atomic E-state index is -0.325. The summed E-state index contributed by atoms with van der Waals surface area (Å²) in [4.78, 5) is 11.5. The number of hydrogen-bond donors (Lipinski definition) is 2. The van der Waals surface area contributed by atoms with Gasteiger partial charge in [-0.3, -0.25) is 4.79 Å². The van der Waals surface area contributed by atoms with Gasteiger partial charge in [-0.15, -0.1) is 11.8 Å². The summed E-state index contributed by atoms with van der Waals surface area (Å²) in [5, 5.41) is 11.6. The molecule has 1 atom stereocenters. The van der Waals surface area contributed by atoms with Crippen LogP contribution < -0.4 is 5.32 Å². The third-order valence-corrected chi connectivity index (χ3v) is 3.40. The molecule has 94 valence electrons. The molecule has 0 spiro atoms. The Labute approximate surface area is 104 Å². The van der Waals surface area contributed by atoms with E-state index in [1.54, 1.807) is 0 Å². The van der Waals surface area contributed by atoms with Gasteiger partial charge in [-0.2, -0.15) is 0 Å². The Morgan fingerprint density at radius 3 is 2.71 bits per heavy atom. The van der Waals surface area contributed by atoms with Gasteiger partial charge in [-0.25, -0.2) is 4.39 Å². The summed E-state index contributed by atoms with van der Waals surface area (Å²) in [7, 11) is 0. The summed E-state index contributed by atoms with van der Waals surface area (Å²) in [6.07, 6.45) is 0.675. The molecule has 1 aromatic rings. The first-order valence-corrected chi connectivity index (χ1v) is 6.44. The van der Waals surface area contributed by atoms with Crippen LogP contribution in [0.25, 0.3) is 0 Å². The lowest BCUT2D eigenvalue weighted by atomic mass is 10.3. The number of halogens is 1. The maximum atomic E-state index is 12.6. The largest absolute Gasteiger partial charge is 0.396 e. The van der Waals surface area contributed by atoms with Crippen LogP contribution in [0.2, 0.25) is 0 Å². The van der Waals surface area contributed by atoms with Crippen molar-refractivity contribution in [3.63, 3.8) is 0 Å². The van der Waals surface area contributed by atoms with Gasteiger partial charge in [0.25, 0.3) is 0 Å². The van der Waals surface area contributed by atoms with Crippen molar-refractivity contribution in [3.8, 4) is 0 Å². The molecule has 0 heterocycles. The van der Waals surface area contributed by atoms with E-state index < -0.39 is 0 Å². The molecule has 0 bridgehead atoms. The molecule has 0 saturated heterocycles. The Hall–Kier alpha value is -1.07. The summed E-state index contributed by atoms with van der Waals surface area (Å²) >= 11 is 1.49. The van der Waals surface area contributed by atoms with Gasteiger partial charge >= 0.3 is 0 Å². The molecule has 5 heteroatoms. The second-order valence-corrected chi connectivity index (χ2v) is 5.12. The van der Waals surface area contributed by atoms with E-state index in [0.717, 1.165) is 0 Å². The topological polar surface area (TPSA) is 49.3 Å². The maximum absolute atomic E-state index is 12.6. The van der Waals surface area contributed by atoms with Crippen LogP contribution >= 0.6 is 11.8 Å². The molecule has 1 aromatic carbocycles. The van der Waals surface area contributed by atoms with Crippen molar-refractivity contribution in [1.29, 1.82) is 0 Å². The van der Waals surface area contributed by atoms with Gasteiger partial charge in [0.1, 0.15) is 5.82 Å².